The molecule has 0 aliphatic carbocycles. The minimum Gasteiger partial charge on any atom is -0.396 e. The van der Waals surface area contributed by atoms with Crippen molar-refractivity contribution < 1.29 is 10.2 Å². The zero-order chi connectivity index (χ0) is 13.0. The maximum absolute atomic E-state index is 10.1. The van der Waals surface area contributed by atoms with E-state index < -0.39 is 0 Å². The van der Waals surface area contributed by atoms with Crippen LogP contribution in [0.25, 0.3) is 0 Å². The molecule has 100 valence electrons. The molecular weight excluding hydrogens is 226 g/mol. The molecule has 2 rings (SSSR count). The second-order valence-corrected chi connectivity index (χ2v) is 5.10. The zero-order valence-electron chi connectivity index (χ0n) is 11.0. The second kappa shape index (κ2) is 6.21. The standard InChI is InChI=1S/C15H23NO2/c1-2-15(18)13-5-3-4-6-14(13)16-9-7-12(11-16)8-10-17/h3-6,12,15,17-18H,2,7-11H2,1H3/t12?,15-/m1/s1. The third-order valence-corrected chi connectivity index (χ3v) is 3.85. The third kappa shape index (κ3) is 2.85. The van der Waals surface area contributed by atoms with Crippen molar-refractivity contribution in [2.45, 2.75) is 32.3 Å². The van der Waals surface area contributed by atoms with Crippen LogP contribution >= 0.6 is 0 Å². The number of aliphatic hydroxyl groups excluding tert-OH is 2. The van der Waals surface area contributed by atoms with E-state index >= 15 is 0 Å². The highest BCUT2D eigenvalue weighted by Crippen LogP contribution is 2.32. The Morgan fingerprint density at radius 2 is 2.17 bits per heavy atom. The SMILES string of the molecule is CC[C@@H](O)c1ccccc1N1CCC(CCO)C1. The molecule has 0 amide bonds. The molecule has 2 N–H and O–H groups in total. The number of anilines is 1. The highest BCUT2D eigenvalue weighted by atomic mass is 16.3. The molecular formula is C15H23NO2. The molecule has 1 aliphatic heterocycles. The Morgan fingerprint density at radius 1 is 1.39 bits per heavy atom. The summed E-state index contributed by atoms with van der Waals surface area (Å²) in [6.45, 7) is 4.30. The van der Waals surface area contributed by atoms with E-state index in [0.29, 0.717) is 5.92 Å². The summed E-state index contributed by atoms with van der Waals surface area (Å²) in [5.41, 5.74) is 2.19. The summed E-state index contributed by atoms with van der Waals surface area (Å²) in [6, 6.07) is 8.12. The predicted molar refractivity (Wildman–Crippen MR) is 73.7 cm³/mol. The number of benzene rings is 1. The number of nitrogens with zero attached hydrogens (tertiary/aromatic N) is 1. The van der Waals surface area contributed by atoms with Crippen molar-refractivity contribution in [1.29, 1.82) is 0 Å². The lowest BCUT2D eigenvalue weighted by Crippen LogP contribution is -2.22. The molecule has 1 unspecified atom stereocenters. The van der Waals surface area contributed by atoms with Crippen molar-refractivity contribution in [2.75, 3.05) is 24.6 Å². The highest BCUT2D eigenvalue weighted by Gasteiger charge is 2.24. The van der Waals surface area contributed by atoms with Gasteiger partial charge in [-0.1, -0.05) is 25.1 Å². The fraction of sp³-hybridized carbons (Fsp3) is 0.600. The molecule has 1 aromatic carbocycles. The zero-order valence-corrected chi connectivity index (χ0v) is 11.0. The van der Waals surface area contributed by atoms with Crippen molar-refractivity contribution in [3.8, 4) is 0 Å². The summed E-state index contributed by atoms with van der Waals surface area (Å²) >= 11 is 0. The van der Waals surface area contributed by atoms with Crippen LogP contribution in [0.1, 0.15) is 37.9 Å². The fourth-order valence-corrected chi connectivity index (χ4v) is 2.75. The van der Waals surface area contributed by atoms with Crippen LogP contribution in [0.2, 0.25) is 0 Å². The van der Waals surface area contributed by atoms with Gasteiger partial charge in [-0.25, -0.2) is 0 Å². The van der Waals surface area contributed by atoms with Crippen LogP contribution in [-0.2, 0) is 0 Å². The lowest BCUT2D eigenvalue weighted by Gasteiger charge is -2.24. The van der Waals surface area contributed by atoms with E-state index in [9.17, 15) is 5.11 Å². The minimum absolute atomic E-state index is 0.276. The van der Waals surface area contributed by atoms with Crippen LogP contribution in [0, 0.1) is 5.92 Å². The van der Waals surface area contributed by atoms with Gasteiger partial charge in [0.1, 0.15) is 0 Å². The van der Waals surface area contributed by atoms with Gasteiger partial charge < -0.3 is 15.1 Å². The Kier molecular flexibility index (Phi) is 4.61. The molecule has 1 fully saturated rings. The molecule has 1 saturated heterocycles. The summed E-state index contributed by atoms with van der Waals surface area (Å²) < 4.78 is 0. The first kappa shape index (κ1) is 13.4. The number of rotatable bonds is 5. The molecule has 18 heavy (non-hydrogen) atoms. The summed E-state index contributed by atoms with van der Waals surface area (Å²) in [5.74, 6) is 0.585. The van der Waals surface area contributed by atoms with Crippen LogP contribution in [-0.4, -0.2) is 29.9 Å². The van der Waals surface area contributed by atoms with Gasteiger partial charge in [-0.05, 0) is 31.2 Å². The van der Waals surface area contributed by atoms with E-state index in [-0.39, 0.29) is 12.7 Å². The van der Waals surface area contributed by atoms with E-state index in [2.05, 4.69) is 11.0 Å². The maximum Gasteiger partial charge on any atom is 0.0807 e. The predicted octanol–water partition coefficient (Wildman–Crippen LogP) is 2.34. The molecule has 1 aromatic rings. The molecule has 1 aliphatic rings. The summed E-state index contributed by atoms with van der Waals surface area (Å²) in [6.07, 6.45) is 2.38. The number of aliphatic hydroxyl groups is 2. The van der Waals surface area contributed by atoms with E-state index in [4.69, 9.17) is 5.11 Å². The molecule has 3 heteroatoms. The van der Waals surface area contributed by atoms with Crippen LogP contribution in [0.3, 0.4) is 0 Å². The van der Waals surface area contributed by atoms with Crippen molar-refractivity contribution >= 4 is 5.69 Å². The van der Waals surface area contributed by atoms with Crippen LogP contribution in [0.5, 0.6) is 0 Å². The smallest absolute Gasteiger partial charge is 0.0807 e. The fourth-order valence-electron chi connectivity index (χ4n) is 2.75. The topological polar surface area (TPSA) is 43.7 Å². The van der Waals surface area contributed by atoms with E-state index in [1.54, 1.807) is 0 Å². The second-order valence-electron chi connectivity index (χ2n) is 5.10. The summed E-state index contributed by atoms with van der Waals surface area (Å²) in [5, 5.41) is 19.1. The molecule has 0 saturated carbocycles. The van der Waals surface area contributed by atoms with Crippen molar-refractivity contribution in [2.24, 2.45) is 5.92 Å². The first-order valence-corrected chi connectivity index (χ1v) is 6.89. The van der Waals surface area contributed by atoms with E-state index in [0.717, 1.165) is 43.6 Å². The van der Waals surface area contributed by atoms with Gasteiger partial charge in [0.25, 0.3) is 0 Å². The molecule has 2 atom stereocenters. The van der Waals surface area contributed by atoms with Gasteiger partial charge in [-0.2, -0.15) is 0 Å². The monoisotopic (exact) mass is 249 g/mol. The molecule has 1 heterocycles. The van der Waals surface area contributed by atoms with Crippen LogP contribution < -0.4 is 4.90 Å². The van der Waals surface area contributed by atoms with Gasteiger partial charge in [-0.3, -0.25) is 0 Å². The van der Waals surface area contributed by atoms with Gasteiger partial charge >= 0.3 is 0 Å². The van der Waals surface area contributed by atoms with Gasteiger partial charge in [0, 0.05) is 30.9 Å². The molecule has 3 nitrogen and oxygen atoms in total. The highest BCUT2D eigenvalue weighted by molar-refractivity contribution is 5.55. The Balaban J connectivity index is 2.14. The Morgan fingerprint density at radius 3 is 2.89 bits per heavy atom. The minimum atomic E-state index is -0.377. The summed E-state index contributed by atoms with van der Waals surface area (Å²) in [4.78, 5) is 2.34. The van der Waals surface area contributed by atoms with Crippen LogP contribution in [0.15, 0.2) is 24.3 Å². The quantitative estimate of drug-likeness (QED) is 0.842. The summed E-state index contributed by atoms with van der Waals surface area (Å²) in [7, 11) is 0. The third-order valence-electron chi connectivity index (χ3n) is 3.85. The van der Waals surface area contributed by atoms with Crippen molar-refractivity contribution in [3.63, 3.8) is 0 Å². The Bertz CT molecular complexity index is 381. The average molecular weight is 249 g/mol. The maximum atomic E-state index is 10.1. The Hall–Kier alpha value is -1.06. The van der Waals surface area contributed by atoms with Gasteiger partial charge in [0.15, 0.2) is 0 Å². The van der Waals surface area contributed by atoms with Crippen molar-refractivity contribution in [3.05, 3.63) is 29.8 Å². The lowest BCUT2D eigenvalue weighted by molar-refractivity contribution is 0.174. The molecule has 0 aromatic heterocycles. The first-order valence-electron chi connectivity index (χ1n) is 6.89. The Labute approximate surface area is 109 Å². The van der Waals surface area contributed by atoms with E-state index in [1.807, 2.05) is 25.1 Å². The largest absolute Gasteiger partial charge is 0.396 e. The molecule has 0 radical (unpaired) electrons. The number of hydrogen-bond donors (Lipinski definition) is 2. The normalized spacial score (nSPS) is 21.3. The van der Waals surface area contributed by atoms with Gasteiger partial charge in [-0.15, -0.1) is 0 Å². The molecule has 0 bridgehead atoms. The van der Waals surface area contributed by atoms with Gasteiger partial charge in [0.05, 0.1) is 6.10 Å². The lowest BCUT2D eigenvalue weighted by atomic mass is 10.0. The van der Waals surface area contributed by atoms with Gasteiger partial charge in [0.2, 0.25) is 0 Å². The first-order chi connectivity index (χ1) is 8.76. The average Bonchev–Trinajstić information content (AvgIpc) is 2.87. The number of para-hydroxylation sites is 1. The van der Waals surface area contributed by atoms with E-state index in [1.165, 1.54) is 0 Å². The van der Waals surface area contributed by atoms with Crippen molar-refractivity contribution in [1.82, 2.24) is 0 Å². The molecule has 0 spiro atoms. The van der Waals surface area contributed by atoms with Crippen LogP contribution in [0.4, 0.5) is 5.69 Å². The number of hydrogen-bond acceptors (Lipinski definition) is 3.